The van der Waals surface area contributed by atoms with Gasteiger partial charge in [-0.05, 0) is 26.0 Å². The van der Waals surface area contributed by atoms with Crippen LogP contribution < -0.4 is 10.0 Å². The predicted molar refractivity (Wildman–Crippen MR) is 78.9 cm³/mol. The fourth-order valence-electron chi connectivity index (χ4n) is 1.70. The molecule has 0 aliphatic carbocycles. The zero-order chi connectivity index (χ0) is 16.0. The molecule has 0 saturated heterocycles. The SMILES string of the molecule is CCOCC(C)NS(=O)(=O)c1ccc([N+](=O)[O-])c(NC)c1. The lowest BCUT2D eigenvalue weighted by Gasteiger charge is -2.14. The maximum atomic E-state index is 12.2. The fourth-order valence-corrected chi connectivity index (χ4v) is 2.96. The summed E-state index contributed by atoms with van der Waals surface area (Å²) in [5, 5.41) is 13.4. The summed E-state index contributed by atoms with van der Waals surface area (Å²) in [7, 11) is -2.27. The number of hydrogen-bond donors (Lipinski definition) is 2. The third-order valence-corrected chi connectivity index (χ3v) is 4.26. The minimum absolute atomic E-state index is 0.0409. The number of benzene rings is 1. The van der Waals surface area contributed by atoms with Crippen LogP contribution in [0.25, 0.3) is 0 Å². The topological polar surface area (TPSA) is 111 Å². The van der Waals surface area contributed by atoms with Gasteiger partial charge in [-0.1, -0.05) is 0 Å². The Bertz CT molecular complexity index is 603. The third kappa shape index (κ3) is 4.66. The van der Waals surface area contributed by atoms with E-state index in [2.05, 4.69) is 10.0 Å². The van der Waals surface area contributed by atoms with E-state index in [1.807, 2.05) is 6.92 Å². The predicted octanol–water partition coefficient (Wildman–Crippen LogP) is 1.34. The molecule has 1 atom stereocenters. The molecule has 0 spiro atoms. The quantitative estimate of drug-likeness (QED) is 0.553. The van der Waals surface area contributed by atoms with Crippen molar-refractivity contribution in [3.05, 3.63) is 28.3 Å². The average molecular weight is 317 g/mol. The largest absolute Gasteiger partial charge is 0.383 e. The monoisotopic (exact) mass is 317 g/mol. The fraction of sp³-hybridized carbons (Fsp3) is 0.500. The van der Waals surface area contributed by atoms with Gasteiger partial charge < -0.3 is 10.1 Å². The van der Waals surface area contributed by atoms with Crippen LogP contribution in [0.15, 0.2) is 23.1 Å². The normalized spacial score (nSPS) is 12.9. The van der Waals surface area contributed by atoms with Gasteiger partial charge in [-0.25, -0.2) is 13.1 Å². The first kappa shape index (κ1) is 17.3. The molecule has 9 heteroatoms. The Kier molecular flexibility index (Phi) is 6.06. The molecule has 2 N–H and O–H groups in total. The molecule has 0 amide bonds. The van der Waals surface area contributed by atoms with E-state index in [9.17, 15) is 18.5 Å². The molecule has 0 aliphatic rings. The second-order valence-corrected chi connectivity index (χ2v) is 6.08. The Morgan fingerprint density at radius 3 is 2.62 bits per heavy atom. The maximum Gasteiger partial charge on any atom is 0.292 e. The van der Waals surface area contributed by atoms with Crippen LogP contribution in [-0.2, 0) is 14.8 Å². The Labute approximate surface area is 123 Å². The van der Waals surface area contributed by atoms with Gasteiger partial charge in [0.15, 0.2) is 0 Å². The van der Waals surface area contributed by atoms with Gasteiger partial charge in [0.1, 0.15) is 5.69 Å². The Morgan fingerprint density at radius 2 is 2.10 bits per heavy atom. The molecule has 0 aromatic heterocycles. The summed E-state index contributed by atoms with van der Waals surface area (Å²) in [5.74, 6) is 0. The summed E-state index contributed by atoms with van der Waals surface area (Å²) < 4.78 is 32.0. The number of ether oxygens (including phenoxy) is 1. The van der Waals surface area contributed by atoms with Gasteiger partial charge in [-0.3, -0.25) is 10.1 Å². The molecule has 0 radical (unpaired) electrons. The number of nitrogens with one attached hydrogen (secondary N) is 2. The first-order chi connectivity index (χ1) is 9.81. The summed E-state index contributed by atoms with van der Waals surface area (Å²) in [6, 6.07) is 3.19. The van der Waals surface area contributed by atoms with E-state index in [-0.39, 0.29) is 22.9 Å². The van der Waals surface area contributed by atoms with Crippen LogP contribution in [0, 0.1) is 10.1 Å². The summed E-state index contributed by atoms with van der Waals surface area (Å²) in [6.07, 6.45) is 0. The average Bonchev–Trinajstić information content (AvgIpc) is 2.43. The number of sulfonamides is 1. The smallest absolute Gasteiger partial charge is 0.292 e. The van der Waals surface area contributed by atoms with Crippen LogP contribution >= 0.6 is 0 Å². The molecule has 0 heterocycles. The summed E-state index contributed by atoms with van der Waals surface area (Å²) in [4.78, 5) is 10.2. The Morgan fingerprint density at radius 1 is 1.43 bits per heavy atom. The van der Waals surface area contributed by atoms with Crippen LogP contribution in [0.3, 0.4) is 0 Å². The van der Waals surface area contributed by atoms with Gasteiger partial charge in [-0.15, -0.1) is 0 Å². The standard InChI is InChI=1S/C12H19N3O5S/c1-4-20-8-9(2)14-21(18,19)10-5-6-12(15(16)17)11(7-10)13-3/h5-7,9,13-14H,4,8H2,1-3H3. The molecule has 1 aromatic carbocycles. The van der Waals surface area contributed by atoms with Crippen molar-refractivity contribution in [2.45, 2.75) is 24.8 Å². The number of hydrogen-bond acceptors (Lipinski definition) is 6. The number of nitrogens with zero attached hydrogens (tertiary/aromatic N) is 1. The van der Waals surface area contributed by atoms with Crippen LogP contribution in [-0.4, -0.2) is 39.6 Å². The molecule has 8 nitrogen and oxygen atoms in total. The van der Waals surface area contributed by atoms with Gasteiger partial charge in [0.25, 0.3) is 5.69 Å². The van der Waals surface area contributed by atoms with E-state index < -0.39 is 21.0 Å². The molecule has 1 unspecified atom stereocenters. The van der Waals surface area contributed by atoms with Crippen molar-refractivity contribution < 1.29 is 18.1 Å². The zero-order valence-electron chi connectivity index (χ0n) is 12.1. The number of rotatable bonds is 8. The lowest BCUT2D eigenvalue weighted by atomic mass is 10.3. The molecule has 0 fully saturated rings. The molecule has 0 bridgehead atoms. The highest BCUT2D eigenvalue weighted by atomic mass is 32.2. The molecule has 1 rings (SSSR count). The van der Waals surface area contributed by atoms with Crippen molar-refractivity contribution in [2.24, 2.45) is 0 Å². The molecular formula is C12H19N3O5S. The van der Waals surface area contributed by atoms with Crippen molar-refractivity contribution in [1.82, 2.24) is 4.72 Å². The van der Waals surface area contributed by atoms with E-state index in [4.69, 9.17) is 4.74 Å². The van der Waals surface area contributed by atoms with E-state index >= 15 is 0 Å². The van der Waals surface area contributed by atoms with Crippen LogP contribution in [0.1, 0.15) is 13.8 Å². The highest BCUT2D eigenvalue weighted by Gasteiger charge is 2.21. The third-order valence-electron chi connectivity index (χ3n) is 2.67. The minimum atomic E-state index is -3.76. The summed E-state index contributed by atoms with van der Waals surface area (Å²) >= 11 is 0. The molecule has 0 saturated carbocycles. The van der Waals surface area contributed by atoms with Gasteiger partial charge in [0.2, 0.25) is 10.0 Å². The highest BCUT2D eigenvalue weighted by molar-refractivity contribution is 7.89. The first-order valence-corrected chi connectivity index (χ1v) is 7.86. The molecule has 118 valence electrons. The Balaban J connectivity index is 3.01. The van der Waals surface area contributed by atoms with Gasteiger partial charge in [-0.2, -0.15) is 0 Å². The van der Waals surface area contributed by atoms with E-state index in [1.165, 1.54) is 19.2 Å². The molecular weight excluding hydrogens is 298 g/mol. The maximum absolute atomic E-state index is 12.2. The highest BCUT2D eigenvalue weighted by Crippen LogP contribution is 2.26. The van der Waals surface area contributed by atoms with Crippen LogP contribution in [0.2, 0.25) is 0 Å². The Hall–Kier alpha value is -1.71. The summed E-state index contributed by atoms with van der Waals surface area (Å²) in [5.41, 5.74) is -0.0425. The minimum Gasteiger partial charge on any atom is -0.383 e. The summed E-state index contributed by atoms with van der Waals surface area (Å²) in [6.45, 7) is 4.24. The molecule has 1 aromatic rings. The van der Waals surface area contributed by atoms with Crippen LogP contribution in [0.4, 0.5) is 11.4 Å². The van der Waals surface area contributed by atoms with Crippen molar-refractivity contribution >= 4 is 21.4 Å². The van der Waals surface area contributed by atoms with Crippen molar-refractivity contribution in [2.75, 3.05) is 25.6 Å². The van der Waals surface area contributed by atoms with Gasteiger partial charge in [0.05, 0.1) is 16.4 Å². The second kappa shape index (κ2) is 7.34. The van der Waals surface area contributed by atoms with Crippen molar-refractivity contribution in [1.29, 1.82) is 0 Å². The van der Waals surface area contributed by atoms with Crippen molar-refractivity contribution in [3.63, 3.8) is 0 Å². The number of anilines is 1. The van der Waals surface area contributed by atoms with E-state index in [1.54, 1.807) is 6.92 Å². The first-order valence-electron chi connectivity index (χ1n) is 6.38. The van der Waals surface area contributed by atoms with Crippen LogP contribution in [0.5, 0.6) is 0 Å². The molecule has 21 heavy (non-hydrogen) atoms. The second-order valence-electron chi connectivity index (χ2n) is 4.37. The van der Waals surface area contributed by atoms with E-state index in [0.717, 1.165) is 6.07 Å². The molecule has 0 aliphatic heterocycles. The van der Waals surface area contributed by atoms with Gasteiger partial charge >= 0.3 is 0 Å². The number of nitro benzene ring substituents is 1. The lowest BCUT2D eigenvalue weighted by Crippen LogP contribution is -2.35. The van der Waals surface area contributed by atoms with Gasteiger partial charge in [0, 0.05) is 25.8 Å². The van der Waals surface area contributed by atoms with E-state index in [0.29, 0.717) is 6.61 Å². The zero-order valence-corrected chi connectivity index (χ0v) is 12.9. The number of nitro groups is 1. The lowest BCUT2D eigenvalue weighted by molar-refractivity contribution is -0.384. The van der Waals surface area contributed by atoms with Crippen molar-refractivity contribution in [3.8, 4) is 0 Å².